The molecule has 1 aromatic carbocycles. The highest BCUT2D eigenvalue weighted by atomic mass is 32.2. The second kappa shape index (κ2) is 6.04. The minimum Gasteiger partial charge on any atom is -0.308 e. The number of nitrogen functional groups attached to an aromatic ring is 1. The predicted octanol–water partition coefficient (Wildman–Crippen LogP) is 3.09. The zero-order valence-corrected chi connectivity index (χ0v) is 12.2. The fourth-order valence-electron chi connectivity index (χ4n) is 1.85. The van der Waals surface area contributed by atoms with Crippen molar-refractivity contribution < 1.29 is 0 Å². The Balaban J connectivity index is 2.40. The van der Waals surface area contributed by atoms with E-state index in [-0.39, 0.29) is 0 Å². The van der Waals surface area contributed by atoms with Gasteiger partial charge in [0.05, 0.1) is 0 Å². The van der Waals surface area contributed by atoms with Gasteiger partial charge in [0.15, 0.2) is 0 Å². The summed E-state index contributed by atoms with van der Waals surface area (Å²) in [5.41, 5.74) is 6.18. The zero-order chi connectivity index (χ0) is 13.8. The van der Waals surface area contributed by atoms with Crippen LogP contribution in [0.15, 0.2) is 34.4 Å². The fraction of sp³-hybridized carbons (Fsp3) is 0.286. The fourth-order valence-corrected chi connectivity index (χ4v) is 2.99. The summed E-state index contributed by atoms with van der Waals surface area (Å²) in [5, 5.41) is 0.958. The van der Waals surface area contributed by atoms with Gasteiger partial charge in [0, 0.05) is 10.5 Å². The van der Waals surface area contributed by atoms with Crippen LogP contribution in [-0.2, 0) is 6.42 Å². The summed E-state index contributed by atoms with van der Waals surface area (Å²) in [7, 11) is 0. The Kier molecular flexibility index (Phi) is 4.39. The molecule has 2 aromatic rings. The van der Waals surface area contributed by atoms with Crippen LogP contribution in [0.5, 0.6) is 0 Å². The van der Waals surface area contributed by atoms with Crippen LogP contribution in [-0.4, -0.2) is 9.97 Å². The van der Waals surface area contributed by atoms with E-state index in [1.54, 1.807) is 18.1 Å². The Morgan fingerprint density at radius 3 is 2.74 bits per heavy atom. The lowest BCUT2D eigenvalue weighted by Gasteiger charge is -2.12. The molecule has 3 N–H and O–H groups in total. The molecule has 4 nitrogen and oxygen atoms in total. The molecule has 0 amide bonds. The SMILES string of the molecule is CCc1c(NN)ncnc1Sc1cc(C)ccc1C. The first-order valence-electron chi connectivity index (χ1n) is 6.21. The van der Waals surface area contributed by atoms with Gasteiger partial charge in [-0.15, -0.1) is 0 Å². The highest BCUT2D eigenvalue weighted by Gasteiger charge is 2.11. The van der Waals surface area contributed by atoms with E-state index >= 15 is 0 Å². The first-order chi connectivity index (χ1) is 9.15. The van der Waals surface area contributed by atoms with Gasteiger partial charge in [-0.05, 0) is 37.5 Å². The normalized spacial score (nSPS) is 10.5. The number of nitrogens with zero attached hydrogens (tertiary/aromatic N) is 2. The average molecular weight is 274 g/mol. The molecule has 1 aromatic heterocycles. The summed E-state index contributed by atoms with van der Waals surface area (Å²) in [5.74, 6) is 6.19. The second-order valence-electron chi connectivity index (χ2n) is 4.37. The summed E-state index contributed by atoms with van der Waals surface area (Å²) in [6.07, 6.45) is 2.38. The number of aryl methyl sites for hydroxylation is 2. The van der Waals surface area contributed by atoms with E-state index in [1.807, 2.05) is 0 Å². The molecule has 0 atom stereocenters. The monoisotopic (exact) mass is 274 g/mol. The lowest BCUT2D eigenvalue weighted by Crippen LogP contribution is -2.12. The Labute approximate surface area is 117 Å². The number of aromatic nitrogens is 2. The minimum absolute atomic E-state index is 0.699. The number of benzene rings is 1. The lowest BCUT2D eigenvalue weighted by atomic mass is 10.2. The summed E-state index contributed by atoms with van der Waals surface area (Å²) in [4.78, 5) is 9.75. The third-order valence-electron chi connectivity index (χ3n) is 2.95. The van der Waals surface area contributed by atoms with Crippen molar-refractivity contribution in [3.8, 4) is 0 Å². The lowest BCUT2D eigenvalue weighted by molar-refractivity contribution is 0.940. The number of hydrogen-bond donors (Lipinski definition) is 2. The van der Waals surface area contributed by atoms with E-state index in [4.69, 9.17) is 5.84 Å². The van der Waals surface area contributed by atoms with Gasteiger partial charge in [-0.25, -0.2) is 15.8 Å². The van der Waals surface area contributed by atoms with Crippen LogP contribution in [0.4, 0.5) is 5.82 Å². The van der Waals surface area contributed by atoms with Crippen LogP contribution in [0.1, 0.15) is 23.6 Å². The third-order valence-corrected chi connectivity index (χ3v) is 4.15. The second-order valence-corrected chi connectivity index (χ2v) is 5.41. The summed E-state index contributed by atoms with van der Waals surface area (Å²) in [6, 6.07) is 6.43. The Morgan fingerprint density at radius 1 is 1.26 bits per heavy atom. The molecule has 0 saturated heterocycles. The first-order valence-corrected chi connectivity index (χ1v) is 7.03. The van der Waals surface area contributed by atoms with E-state index < -0.39 is 0 Å². The van der Waals surface area contributed by atoms with Crippen LogP contribution in [0, 0.1) is 13.8 Å². The molecule has 0 saturated carbocycles. The molecule has 0 radical (unpaired) electrons. The van der Waals surface area contributed by atoms with Crippen LogP contribution in [0.2, 0.25) is 0 Å². The van der Waals surface area contributed by atoms with Crippen molar-refractivity contribution in [3.63, 3.8) is 0 Å². The molecular weight excluding hydrogens is 256 g/mol. The Hall–Kier alpha value is -1.59. The third kappa shape index (κ3) is 3.05. The standard InChI is InChI=1S/C14H18N4S/c1-4-11-13(18-15)16-8-17-14(11)19-12-7-9(2)5-6-10(12)3/h5-8H,4,15H2,1-3H3,(H,16,17,18). The van der Waals surface area contributed by atoms with Crippen molar-refractivity contribution in [3.05, 3.63) is 41.2 Å². The highest BCUT2D eigenvalue weighted by molar-refractivity contribution is 7.99. The minimum atomic E-state index is 0.699. The van der Waals surface area contributed by atoms with Gasteiger partial charge in [-0.1, -0.05) is 30.8 Å². The van der Waals surface area contributed by atoms with Gasteiger partial charge in [-0.2, -0.15) is 0 Å². The van der Waals surface area contributed by atoms with Crippen molar-refractivity contribution in [1.82, 2.24) is 9.97 Å². The molecule has 2 rings (SSSR count). The molecule has 0 fully saturated rings. The van der Waals surface area contributed by atoms with Crippen LogP contribution in [0.25, 0.3) is 0 Å². The maximum atomic E-state index is 5.49. The number of nitrogens with one attached hydrogen (secondary N) is 1. The molecule has 19 heavy (non-hydrogen) atoms. The van der Waals surface area contributed by atoms with Gasteiger partial charge in [0.1, 0.15) is 17.2 Å². The van der Waals surface area contributed by atoms with Gasteiger partial charge in [0.2, 0.25) is 0 Å². The van der Waals surface area contributed by atoms with Gasteiger partial charge >= 0.3 is 0 Å². The quantitative estimate of drug-likeness (QED) is 0.509. The molecule has 0 aliphatic heterocycles. The number of hydrazine groups is 1. The van der Waals surface area contributed by atoms with Crippen molar-refractivity contribution >= 4 is 17.6 Å². The van der Waals surface area contributed by atoms with Crippen molar-refractivity contribution in [1.29, 1.82) is 0 Å². The number of anilines is 1. The molecule has 0 aliphatic rings. The number of nitrogens with two attached hydrogens (primary N) is 1. The molecule has 0 unspecified atom stereocenters. The molecule has 0 spiro atoms. The molecule has 0 aliphatic carbocycles. The van der Waals surface area contributed by atoms with E-state index in [2.05, 4.69) is 54.4 Å². The van der Waals surface area contributed by atoms with E-state index in [1.165, 1.54) is 16.0 Å². The molecular formula is C14H18N4S. The molecule has 0 bridgehead atoms. The smallest absolute Gasteiger partial charge is 0.147 e. The average Bonchev–Trinajstić information content (AvgIpc) is 2.42. The van der Waals surface area contributed by atoms with E-state index in [0.717, 1.165) is 17.0 Å². The van der Waals surface area contributed by atoms with Crippen molar-refractivity contribution in [2.45, 2.75) is 37.1 Å². The highest BCUT2D eigenvalue weighted by Crippen LogP contribution is 2.33. The Bertz CT molecular complexity index is 584. The molecule has 100 valence electrons. The number of rotatable bonds is 4. The predicted molar refractivity (Wildman–Crippen MR) is 79.3 cm³/mol. The van der Waals surface area contributed by atoms with Crippen LogP contribution < -0.4 is 11.3 Å². The summed E-state index contributed by atoms with van der Waals surface area (Å²) in [6.45, 7) is 6.28. The van der Waals surface area contributed by atoms with Crippen LogP contribution in [0.3, 0.4) is 0 Å². The van der Waals surface area contributed by atoms with Crippen LogP contribution >= 0.6 is 11.8 Å². The molecule has 5 heteroatoms. The maximum Gasteiger partial charge on any atom is 0.147 e. The first kappa shape index (κ1) is 13.8. The topological polar surface area (TPSA) is 63.8 Å². The van der Waals surface area contributed by atoms with Gasteiger partial charge in [0.25, 0.3) is 0 Å². The maximum absolute atomic E-state index is 5.49. The summed E-state index contributed by atoms with van der Waals surface area (Å²) >= 11 is 1.66. The zero-order valence-electron chi connectivity index (χ0n) is 11.4. The van der Waals surface area contributed by atoms with Crippen molar-refractivity contribution in [2.24, 2.45) is 5.84 Å². The molecule has 1 heterocycles. The van der Waals surface area contributed by atoms with Gasteiger partial charge in [-0.3, -0.25) is 0 Å². The summed E-state index contributed by atoms with van der Waals surface area (Å²) < 4.78 is 0. The van der Waals surface area contributed by atoms with Gasteiger partial charge < -0.3 is 5.43 Å². The Morgan fingerprint density at radius 2 is 2.05 bits per heavy atom. The van der Waals surface area contributed by atoms with Crippen molar-refractivity contribution in [2.75, 3.05) is 5.43 Å². The van der Waals surface area contributed by atoms with E-state index in [9.17, 15) is 0 Å². The van der Waals surface area contributed by atoms with E-state index in [0.29, 0.717) is 5.82 Å². The largest absolute Gasteiger partial charge is 0.308 e. The number of hydrogen-bond acceptors (Lipinski definition) is 5.